The van der Waals surface area contributed by atoms with Crippen molar-refractivity contribution in [3.05, 3.63) is 12.2 Å². The molecule has 4 nitrogen and oxygen atoms in total. The molecule has 2 N–H and O–H groups in total. The first kappa shape index (κ1) is 10.7. The predicted molar refractivity (Wildman–Crippen MR) is 42.9 cm³/mol. The van der Waals surface area contributed by atoms with Crippen LogP contribution in [-0.4, -0.2) is 22.2 Å². The van der Waals surface area contributed by atoms with E-state index in [-0.39, 0.29) is 12.8 Å². The van der Waals surface area contributed by atoms with Gasteiger partial charge in [0.25, 0.3) is 0 Å². The van der Waals surface area contributed by atoms with Crippen LogP contribution in [-0.2, 0) is 9.59 Å². The summed E-state index contributed by atoms with van der Waals surface area (Å²) in [6, 6.07) is 0. The highest BCUT2D eigenvalue weighted by atomic mass is 16.5. The lowest BCUT2D eigenvalue weighted by Crippen LogP contribution is -1.93. The number of carboxylic acids is 2. The summed E-state index contributed by atoms with van der Waals surface area (Å²) in [6.07, 6.45) is 4.52. The third-order valence-corrected chi connectivity index (χ3v) is 1.22. The SMILES string of the molecule is O=[13C](O)CCC=CCC[13C](=O)O. The Morgan fingerprint density at radius 2 is 1.25 bits per heavy atom. The number of carboxylic acid groups (broad SMARTS) is 2. The minimum Gasteiger partial charge on any atom is -0.481 e. The summed E-state index contributed by atoms with van der Waals surface area (Å²) in [5, 5.41) is 16.5. The summed E-state index contributed by atoms with van der Waals surface area (Å²) < 4.78 is 0. The van der Waals surface area contributed by atoms with Gasteiger partial charge in [-0.3, -0.25) is 9.59 Å². The first-order valence-electron chi connectivity index (χ1n) is 3.71. The van der Waals surface area contributed by atoms with Gasteiger partial charge in [-0.15, -0.1) is 0 Å². The molecule has 0 aliphatic rings. The van der Waals surface area contributed by atoms with E-state index in [1.807, 2.05) is 0 Å². The van der Waals surface area contributed by atoms with Crippen LogP contribution in [0.5, 0.6) is 0 Å². The molecule has 0 saturated carbocycles. The second-order valence-corrected chi connectivity index (χ2v) is 2.34. The molecule has 0 amide bonds. The van der Waals surface area contributed by atoms with Gasteiger partial charge in [0.05, 0.1) is 0 Å². The lowest BCUT2D eigenvalue weighted by molar-refractivity contribution is -0.138. The largest absolute Gasteiger partial charge is 0.481 e. The third-order valence-electron chi connectivity index (χ3n) is 1.22. The van der Waals surface area contributed by atoms with Crippen LogP contribution in [0.4, 0.5) is 0 Å². The zero-order chi connectivity index (χ0) is 9.40. The third kappa shape index (κ3) is 8.68. The zero-order valence-corrected chi connectivity index (χ0v) is 6.69. The summed E-state index contributed by atoms with van der Waals surface area (Å²) in [5.41, 5.74) is 0. The van der Waals surface area contributed by atoms with Crippen molar-refractivity contribution in [2.75, 3.05) is 0 Å². The van der Waals surface area contributed by atoms with Crippen LogP contribution in [0.2, 0.25) is 0 Å². The number of hydrogen-bond donors (Lipinski definition) is 2. The average molecular weight is 174 g/mol. The summed E-state index contributed by atoms with van der Waals surface area (Å²) in [5.74, 6) is -1.67. The van der Waals surface area contributed by atoms with Gasteiger partial charge in [0.15, 0.2) is 0 Å². The Kier molecular flexibility index (Phi) is 5.69. The minimum absolute atomic E-state index is 0.101. The average Bonchev–Trinajstić information content (AvgIpc) is 1.95. The Balaban J connectivity index is 3.26. The van der Waals surface area contributed by atoms with Gasteiger partial charge in [0, 0.05) is 12.8 Å². The van der Waals surface area contributed by atoms with E-state index in [4.69, 9.17) is 10.2 Å². The summed E-state index contributed by atoms with van der Waals surface area (Å²) in [6.45, 7) is 0. The lowest BCUT2D eigenvalue weighted by atomic mass is 10.3. The van der Waals surface area contributed by atoms with E-state index < -0.39 is 11.9 Å². The van der Waals surface area contributed by atoms with Crippen LogP contribution in [0.3, 0.4) is 0 Å². The number of hydrogen-bond acceptors (Lipinski definition) is 2. The molecule has 68 valence electrons. The molecule has 0 aliphatic carbocycles. The molecule has 0 atom stereocenters. The van der Waals surface area contributed by atoms with Crippen molar-refractivity contribution in [2.24, 2.45) is 0 Å². The molecular formula is C8H12O4. The highest BCUT2D eigenvalue weighted by Gasteiger charge is 1.93. The van der Waals surface area contributed by atoms with Crippen LogP contribution in [0.25, 0.3) is 0 Å². The molecular weight excluding hydrogens is 162 g/mol. The standard InChI is InChI=1S/C8H12O4/c9-7(10)5-3-1-2-4-6-8(11)12/h1-2H,3-6H2,(H,9,10)(H,11,12)/i7+1,8+1. The first-order chi connectivity index (χ1) is 5.63. The molecule has 0 spiro atoms. The van der Waals surface area contributed by atoms with E-state index in [1.165, 1.54) is 0 Å². The van der Waals surface area contributed by atoms with E-state index in [0.717, 1.165) is 0 Å². The fourth-order valence-corrected chi connectivity index (χ4v) is 0.649. The van der Waals surface area contributed by atoms with Crippen molar-refractivity contribution < 1.29 is 19.8 Å². The summed E-state index contributed by atoms with van der Waals surface area (Å²) in [7, 11) is 0. The Morgan fingerprint density at radius 3 is 1.50 bits per heavy atom. The van der Waals surface area contributed by atoms with Gasteiger partial charge in [-0.1, -0.05) is 12.2 Å². The second-order valence-electron chi connectivity index (χ2n) is 2.34. The van der Waals surface area contributed by atoms with E-state index >= 15 is 0 Å². The van der Waals surface area contributed by atoms with Crippen molar-refractivity contribution in [3.63, 3.8) is 0 Å². The van der Waals surface area contributed by atoms with Gasteiger partial charge in [-0.2, -0.15) is 0 Å². The fourth-order valence-electron chi connectivity index (χ4n) is 0.649. The van der Waals surface area contributed by atoms with Gasteiger partial charge in [0.2, 0.25) is 0 Å². The quantitative estimate of drug-likeness (QED) is 0.469. The topological polar surface area (TPSA) is 74.6 Å². The van der Waals surface area contributed by atoms with Gasteiger partial charge in [-0.05, 0) is 12.8 Å². The summed E-state index contributed by atoms with van der Waals surface area (Å²) >= 11 is 0. The van der Waals surface area contributed by atoms with Crippen molar-refractivity contribution in [1.82, 2.24) is 0 Å². The van der Waals surface area contributed by atoms with Crippen LogP contribution >= 0.6 is 0 Å². The predicted octanol–water partition coefficient (Wildman–Crippen LogP) is 1.27. The molecule has 12 heavy (non-hydrogen) atoms. The maximum atomic E-state index is 10.0. The fraction of sp³-hybridized carbons (Fsp3) is 0.500. The van der Waals surface area contributed by atoms with Crippen LogP contribution in [0.1, 0.15) is 25.7 Å². The molecule has 0 rings (SSSR count). The molecule has 0 saturated heterocycles. The van der Waals surface area contributed by atoms with Crippen molar-refractivity contribution in [2.45, 2.75) is 25.7 Å². The Bertz CT molecular complexity index is 163. The monoisotopic (exact) mass is 174 g/mol. The minimum atomic E-state index is -0.835. The molecule has 0 radical (unpaired) electrons. The number of rotatable bonds is 6. The number of carbonyl (C=O) groups is 2. The van der Waals surface area contributed by atoms with Crippen LogP contribution in [0, 0.1) is 0 Å². The first-order valence-corrected chi connectivity index (χ1v) is 3.71. The van der Waals surface area contributed by atoms with Crippen LogP contribution < -0.4 is 0 Å². The van der Waals surface area contributed by atoms with E-state index in [2.05, 4.69) is 0 Å². The Labute approximate surface area is 70.5 Å². The molecule has 0 aromatic heterocycles. The molecule has 0 bridgehead atoms. The van der Waals surface area contributed by atoms with Gasteiger partial charge in [0.1, 0.15) is 0 Å². The lowest BCUT2D eigenvalue weighted by Gasteiger charge is -1.88. The Hall–Kier alpha value is -1.32. The van der Waals surface area contributed by atoms with Gasteiger partial charge in [-0.25, -0.2) is 0 Å². The summed E-state index contributed by atoms with van der Waals surface area (Å²) in [4.78, 5) is 20.0. The normalized spacial score (nSPS) is 10.3. The molecule has 0 aliphatic heterocycles. The van der Waals surface area contributed by atoms with Crippen LogP contribution in [0.15, 0.2) is 12.2 Å². The smallest absolute Gasteiger partial charge is 0.303 e. The molecule has 0 heterocycles. The Morgan fingerprint density at radius 1 is 0.917 bits per heavy atom. The molecule has 0 fully saturated rings. The molecule has 4 heteroatoms. The zero-order valence-electron chi connectivity index (χ0n) is 6.69. The second kappa shape index (κ2) is 6.39. The van der Waals surface area contributed by atoms with Crippen molar-refractivity contribution in [3.8, 4) is 0 Å². The molecule has 0 unspecified atom stereocenters. The molecule has 0 aromatic carbocycles. The van der Waals surface area contributed by atoms with Gasteiger partial charge >= 0.3 is 11.9 Å². The number of aliphatic carboxylic acids is 2. The maximum Gasteiger partial charge on any atom is 0.303 e. The van der Waals surface area contributed by atoms with E-state index in [9.17, 15) is 9.59 Å². The van der Waals surface area contributed by atoms with Gasteiger partial charge < -0.3 is 10.2 Å². The molecule has 0 aromatic rings. The highest BCUT2D eigenvalue weighted by Crippen LogP contribution is 1.95. The maximum absolute atomic E-state index is 10.0. The van der Waals surface area contributed by atoms with E-state index in [1.54, 1.807) is 12.2 Å². The van der Waals surface area contributed by atoms with Crippen molar-refractivity contribution in [1.29, 1.82) is 0 Å². The highest BCUT2D eigenvalue weighted by molar-refractivity contribution is 5.67. The van der Waals surface area contributed by atoms with E-state index in [0.29, 0.717) is 12.8 Å². The number of allylic oxidation sites excluding steroid dienone is 2. The van der Waals surface area contributed by atoms with Crippen molar-refractivity contribution >= 4 is 11.9 Å².